The first-order valence-electron chi connectivity index (χ1n) is 33.5. The van der Waals surface area contributed by atoms with Crippen LogP contribution < -0.4 is 81.0 Å². The third-order valence-electron chi connectivity index (χ3n) is 15.2. The number of rotatable bonds is 47. The number of carboxylic acid groups (broad SMARTS) is 2. The number of thioether (sulfide) groups is 2. The molecular formula is C62H98N16O27S2. The van der Waals surface area contributed by atoms with Crippen LogP contribution in [0.5, 0.6) is 0 Å². The number of esters is 3. The lowest BCUT2D eigenvalue weighted by molar-refractivity contribution is -0.301. The summed E-state index contributed by atoms with van der Waals surface area (Å²) in [5, 5.41) is 47.0. The second-order valence-corrected chi connectivity index (χ2v) is 26.9. The molecule has 15 amide bonds. The molecule has 2 saturated heterocycles. The van der Waals surface area contributed by atoms with Crippen LogP contribution in [0.15, 0.2) is 0 Å². The van der Waals surface area contributed by atoms with Crippen molar-refractivity contribution in [2.75, 3.05) is 56.0 Å². The number of ether oxygens (including phenoxy) is 5. The number of nitrogens with one attached hydrogen (secondary N) is 12. The van der Waals surface area contributed by atoms with Crippen LogP contribution in [0.2, 0.25) is 0 Å². The van der Waals surface area contributed by atoms with Gasteiger partial charge >= 0.3 is 29.8 Å². The summed E-state index contributed by atoms with van der Waals surface area (Å²) in [4.78, 5) is 261. The first kappa shape index (κ1) is 93.1. The zero-order valence-corrected chi connectivity index (χ0v) is 62.1. The first-order chi connectivity index (χ1) is 50.1. The number of nitrogens with zero attached hydrogens (tertiary/aromatic N) is 1. The van der Waals surface area contributed by atoms with E-state index in [-0.39, 0.29) is 67.5 Å². The molecule has 107 heavy (non-hydrogen) atoms. The fourth-order valence-electron chi connectivity index (χ4n) is 10.3. The SMILES string of the molecule is CC(=O)NCSC[C@H](NC(=O)[C@H](CO[C@@H]1O[C@@H](C)[C@@H](OC(C)=O)[C@@H](OC(C)=O)[C@@H]1OC(C)=O)NC(=O)CNC(=O)CNC(=O)[C@H](CC(N)=O)NC(=O)[C@H](CC(C)C)NC(=O)[C@H](CSCNC(C)=O)NC(=O)[C@@H]1CCCN1C(C)=O)C(=O)N[C@@H](CCCCN)C(=O)N[C@@H](CC(=O)O)C(=O)N[C@@H](CC(=O)O)C(N)=O. The van der Waals surface area contributed by atoms with Crippen molar-refractivity contribution in [3.05, 3.63) is 0 Å². The van der Waals surface area contributed by atoms with Crippen LogP contribution in [0.4, 0.5) is 0 Å². The third-order valence-corrected chi connectivity index (χ3v) is 17.1. The van der Waals surface area contributed by atoms with Gasteiger partial charge in [0.15, 0.2) is 24.6 Å². The Kier molecular flexibility index (Phi) is 41.3. The van der Waals surface area contributed by atoms with Crippen molar-refractivity contribution in [2.45, 2.75) is 205 Å². The van der Waals surface area contributed by atoms with Gasteiger partial charge in [-0.25, -0.2) is 0 Å². The highest BCUT2D eigenvalue weighted by Crippen LogP contribution is 2.30. The van der Waals surface area contributed by atoms with Crippen molar-refractivity contribution in [1.29, 1.82) is 0 Å². The lowest BCUT2D eigenvalue weighted by Crippen LogP contribution is -2.62. The van der Waals surface area contributed by atoms with Crippen LogP contribution in [0.25, 0.3) is 0 Å². The molecule has 0 saturated carbocycles. The second-order valence-electron chi connectivity index (χ2n) is 24.9. The Morgan fingerprint density at radius 3 is 1.49 bits per heavy atom. The van der Waals surface area contributed by atoms with Gasteiger partial charge in [0.1, 0.15) is 54.4 Å². The minimum Gasteiger partial charge on any atom is -0.481 e. The minimum absolute atomic E-state index is 0.0176. The molecule has 0 aromatic rings. The molecular weight excluding hydrogens is 1460 g/mol. The molecule has 14 atom stereocenters. The normalized spacial score (nSPS) is 18.8. The Bertz CT molecular complexity index is 3220. The summed E-state index contributed by atoms with van der Waals surface area (Å²) in [6, 6.07) is -15.0. The van der Waals surface area contributed by atoms with Gasteiger partial charge in [-0.05, 0) is 57.9 Å². The van der Waals surface area contributed by atoms with Crippen LogP contribution in [0.3, 0.4) is 0 Å². The van der Waals surface area contributed by atoms with Crippen molar-refractivity contribution >= 4 is 142 Å². The number of carbonyl (C=O) groups excluding carboxylic acids is 18. The number of amides is 15. The van der Waals surface area contributed by atoms with E-state index in [0.717, 1.165) is 51.2 Å². The Hall–Kier alpha value is -10.0. The van der Waals surface area contributed by atoms with Crippen molar-refractivity contribution in [3.63, 3.8) is 0 Å². The summed E-state index contributed by atoms with van der Waals surface area (Å²) in [6.07, 6.45) is -10.4. The molecule has 0 aromatic carbocycles. The molecule has 2 rings (SSSR count). The molecule has 43 nitrogen and oxygen atoms in total. The van der Waals surface area contributed by atoms with Gasteiger partial charge in [0.25, 0.3) is 0 Å². The average molecular weight is 1560 g/mol. The van der Waals surface area contributed by atoms with Gasteiger partial charge in [-0.2, -0.15) is 0 Å². The van der Waals surface area contributed by atoms with E-state index in [2.05, 4.69) is 58.5 Å². The van der Waals surface area contributed by atoms with E-state index in [1.54, 1.807) is 13.8 Å². The van der Waals surface area contributed by atoms with E-state index in [4.69, 9.17) is 40.9 Å². The lowest BCUT2D eigenvalue weighted by atomic mass is 9.99. The molecule has 0 unspecified atom stereocenters. The fraction of sp³-hybridized carbons (Fsp3) is 0.677. The molecule has 2 aliphatic rings. The minimum atomic E-state index is -2.05. The van der Waals surface area contributed by atoms with E-state index in [0.29, 0.717) is 19.4 Å². The third kappa shape index (κ3) is 35.8. The summed E-state index contributed by atoms with van der Waals surface area (Å²) in [7, 11) is 0. The average Bonchev–Trinajstić information content (AvgIpc) is 1.22. The van der Waals surface area contributed by atoms with Gasteiger partial charge < -0.3 is 120 Å². The lowest BCUT2D eigenvalue weighted by Gasteiger charge is -2.43. The van der Waals surface area contributed by atoms with Gasteiger partial charge in [0.05, 0.1) is 56.8 Å². The van der Waals surface area contributed by atoms with E-state index >= 15 is 0 Å². The van der Waals surface area contributed by atoms with Crippen LogP contribution in [0, 0.1) is 5.92 Å². The number of primary amides is 2. The smallest absolute Gasteiger partial charge is 0.305 e. The topological polar surface area (TPSA) is 654 Å². The van der Waals surface area contributed by atoms with Crippen molar-refractivity contribution in [1.82, 2.24) is 68.7 Å². The van der Waals surface area contributed by atoms with Gasteiger partial charge in [-0.3, -0.25) is 95.9 Å². The molecule has 2 aliphatic heterocycles. The summed E-state index contributed by atoms with van der Waals surface area (Å²) < 4.78 is 28.1. The summed E-state index contributed by atoms with van der Waals surface area (Å²) in [5.41, 5.74) is 16.4. The molecule has 2 heterocycles. The summed E-state index contributed by atoms with van der Waals surface area (Å²) >= 11 is 1.86. The molecule has 20 N–H and O–H groups in total. The molecule has 0 radical (unpaired) electrons. The molecule has 0 spiro atoms. The molecule has 600 valence electrons. The quantitative estimate of drug-likeness (QED) is 0.0116. The summed E-state index contributed by atoms with van der Waals surface area (Å²) in [5.74, 6) is -22.3. The fourth-order valence-corrected chi connectivity index (χ4v) is 12.0. The first-order valence-corrected chi connectivity index (χ1v) is 35.8. The summed E-state index contributed by atoms with van der Waals surface area (Å²) in [6.45, 7) is 8.58. The van der Waals surface area contributed by atoms with Gasteiger partial charge in [-0.15, -0.1) is 23.5 Å². The van der Waals surface area contributed by atoms with Crippen LogP contribution in [0.1, 0.15) is 120 Å². The van der Waals surface area contributed by atoms with Crippen LogP contribution >= 0.6 is 23.5 Å². The number of aliphatic carboxylic acids is 2. The predicted octanol–water partition coefficient (Wildman–Crippen LogP) is -8.20. The van der Waals surface area contributed by atoms with E-state index in [9.17, 15) is 106 Å². The van der Waals surface area contributed by atoms with Crippen molar-refractivity contribution in [3.8, 4) is 0 Å². The zero-order valence-electron chi connectivity index (χ0n) is 60.5. The number of likely N-dealkylation sites (tertiary alicyclic amines) is 1. The maximum absolute atomic E-state index is 14.7. The van der Waals surface area contributed by atoms with E-state index in [1.165, 1.54) is 25.7 Å². The molecule has 0 aliphatic carbocycles. The number of hydrogen-bond donors (Lipinski definition) is 17. The van der Waals surface area contributed by atoms with E-state index in [1.807, 2.05) is 5.32 Å². The Balaban J connectivity index is 2.59. The van der Waals surface area contributed by atoms with Crippen molar-refractivity contribution in [2.24, 2.45) is 23.1 Å². The van der Waals surface area contributed by atoms with Crippen LogP contribution in [-0.4, -0.2) is 275 Å². The predicted molar refractivity (Wildman–Crippen MR) is 371 cm³/mol. The second kappa shape index (κ2) is 47.5. The molecule has 45 heteroatoms. The Labute approximate surface area is 622 Å². The Morgan fingerprint density at radius 1 is 0.514 bits per heavy atom. The number of unbranched alkanes of at least 4 members (excludes halogenated alkanes) is 1. The largest absolute Gasteiger partial charge is 0.481 e. The molecule has 0 bridgehead atoms. The van der Waals surface area contributed by atoms with Gasteiger partial charge in [0.2, 0.25) is 88.6 Å². The van der Waals surface area contributed by atoms with Gasteiger partial charge in [-0.1, -0.05) is 13.8 Å². The number of hydrogen-bond acceptors (Lipinski definition) is 28. The number of nitrogens with two attached hydrogens (primary N) is 3. The number of carbonyl (C=O) groups is 20. The standard InChI is InChI=1S/C62H98N16O27S2/c1-28(2)17-38(73-60(99)43(25-107-27-69-31(5)80)77-61(100)44-14-12-16-78(44)32(6)81)56(95)74-39(18-45(64)85)54(93)67-21-46(86)66-22-47(87)70-41(23-101-62-52(105-35(9)84)51(104-34(8)83)50(29(3)102-62)103-33(7)82)58(97)76-42(24-106-26-68-30(4)79)59(98)71-36(13-10-11-15-63)55(94)75-40(20-49(90)91)57(96)72-37(53(65)92)19-48(88)89/h28-29,36-44,50-52,62H,10-27,63H2,1-9H3,(H2,64,85)(H2,65,92)(H,66,86)(H,67,93)(H,68,79)(H,69,80)(H,70,87)(H,71,98)(H,72,96)(H,73,99)(H,74,95)(H,75,94)(H,76,97)(H,77,100)(H,88,89)(H,90,91)/t29-,36-,37-,38-,39-,40-,41-,42-,43-,44-,50+,51+,52-,62+/m0/s1. The van der Waals surface area contributed by atoms with Crippen molar-refractivity contribution < 1.29 is 130 Å². The highest BCUT2D eigenvalue weighted by Gasteiger charge is 2.51. The molecule has 0 aromatic heterocycles. The highest BCUT2D eigenvalue weighted by molar-refractivity contribution is 7.99. The maximum atomic E-state index is 14.7. The van der Waals surface area contributed by atoms with Gasteiger partial charge in [0, 0.05) is 59.6 Å². The zero-order chi connectivity index (χ0) is 80.9. The van der Waals surface area contributed by atoms with E-state index < -0.39 is 236 Å². The monoisotopic (exact) mass is 1560 g/mol. The van der Waals surface area contributed by atoms with Crippen LogP contribution in [-0.2, 0) is 120 Å². The maximum Gasteiger partial charge on any atom is 0.305 e. The highest BCUT2D eigenvalue weighted by atomic mass is 32.2. The Morgan fingerprint density at radius 2 is 0.972 bits per heavy atom. The molecule has 2 fully saturated rings. The number of carboxylic acids is 2.